The van der Waals surface area contributed by atoms with Gasteiger partial charge in [-0.05, 0) is 50.6 Å². The maximum Gasteiger partial charge on any atom is 0.229 e. The Bertz CT molecular complexity index is 1310. The number of aliphatic hydroxyl groups is 1. The highest BCUT2D eigenvalue weighted by atomic mass is 19.1. The fourth-order valence-electron chi connectivity index (χ4n) is 5.61. The maximum absolute atomic E-state index is 14.7. The lowest BCUT2D eigenvalue weighted by molar-refractivity contribution is 0.0973. The molecule has 3 aromatic rings. The Hall–Kier alpha value is -2.92. The molecule has 2 aromatic heterocycles. The predicted molar refractivity (Wildman–Crippen MR) is 144 cm³/mol. The molecule has 1 unspecified atom stereocenters. The Balaban J connectivity index is 1.40. The number of nitrogens with zero attached hydrogens (tertiary/aromatic N) is 6. The van der Waals surface area contributed by atoms with Gasteiger partial charge in [0.2, 0.25) is 5.95 Å². The third-order valence-electron chi connectivity index (χ3n) is 7.77. The van der Waals surface area contributed by atoms with E-state index in [1.807, 2.05) is 18.2 Å². The number of fused-ring (bicyclic) bond motifs is 1. The second kappa shape index (κ2) is 10.7. The molecule has 0 spiro atoms. The van der Waals surface area contributed by atoms with Crippen LogP contribution in [-0.4, -0.2) is 95.8 Å². The summed E-state index contributed by atoms with van der Waals surface area (Å²) in [6.07, 6.45) is 0.386. The minimum Gasteiger partial charge on any atom is -0.392 e. The Morgan fingerprint density at radius 1 is 0.947 bits per heavy atom. The third kappa shape index (κ3) is 5.05. The van der Waals surface area contributed by atoms with Crippen molar-refractivity contribution in [1.29, 1.82) is 0 Å². The normalized spacial score (nSPS) is 24.9. The largest absolute Gasteiger partial charge is 0.392 e. The van der Waals surface area contributed by atoms with Crippen molar-refractivity contribution < 1.29 is 19.0 Å². The Labute approximate surface area is 222 Å². The van der Waals surface area contributed by atoms with E-state index in [4.69, 9.17) is 24.4 Å². The molecule has 1 aromatic carbocycles. The van der Waals surface area contributed by atoms with Crippen molar-refractivity contribution in [3.63, 3.8) is 0 Å². The lowest BCUT2D eigenvalue weighted by Gasteiger charge is -2.37. The van der Waals surface area contributed by atoms with Crippen LogP contribution in [0.4, 0.5) is 16.2 Å². The zero-order chi connectivity index (χ0) is 26.2. The van der Waals surface area contributed by atoms with Gasteiger partial charge in [-0.25, -0.2) is 9.37 Å². The average molecular weight is 523 g/mol. The Morgan fingerprint density at radius 2 is 1.71 bits per heavy atom. The molecular weight excluding hydrogens is 487 g/mol. The lowest BCUT2D eigenvalue weighted by Crippen LogP contribution is -2.46. The van der Waals surface area contributed by atoms with Crippen LogP contribution in [0.1, 0.15) is 25.8 Å². The van der Waals surface area contributed by atoms with Crippen LogP contribution in [0, 0.1) is 5.82 Å². The SMILES string of the molecule is C[C@H]1COCCN1c1nc(N2CCOC[C@@H]2C)c2ccc(-c3ccc(F)c(CN4CCC(O)C4)c3)nc2n1. The van der Waals surface area contributed by atoms with Gasteiger partial charge in [0.1, 0.15) is 11.6 Å². The number of hydrogen-bond acceptors (Lipinski definition) is 9. The van der Waals surface area contributed by atoms with Crippen molar-refractivity contribution in [2.75, 3.05) is 62.4 Å². The third-order valence-corrected chi connectivity index (χ3v) is 7.77. The van der Waals surface area contributed by atoms with Crippen LogP contribution in [0.15, 0.2) is 30.3 Å². The highest BCUT2D eigenvalue weighted by molar-refractivity contribution is 5.90. The minimum atomic E-state index is -0.338. The number of benzene rings is 1. The number of aliphatic hydroxyl groups excluding tert-OH is 1. The number of β-amino-alcohol motifs (C(OH)–C–C–N with tert-alkyl or cyclic N) is 1. The van der Waals surface area contributed by atoms with E-state index in [-0.39, 0.29) is 24.0 Å². The van der Waals surface area contributed by atoms with Crippen LogP contribution in [-0.2, 0) is 16.0 Å². The monoisotopic (exact) mass is 522 g/mol. The number of ether oxygens (including phenoxy) is 2. The first kappa shape index (κ1) is 25.4. The molecule has 3 aliphatic heterocycles. The lowest BCUT2D eigenvalue weighted by atomic mass is 10.1. The first-order valence-corrected chi connectivity index (χ1v) is 13.5. The van der Waals surface area contributed by atoms with Crippen molar-refractivity contribution in [3.05, 3.63) is 41.7 Å². The molecular formula is C28H35FN6O3. The highest BCUT2D eigenvalue weighted by Gasteiger charge is 2.28. The van der Waals surface area contributed by atoms with E-state index in [0.717, 1.165) is 48.5 Å². The second-order valence-electron chi connectivity index (χ2n) is 10.6. The van der Waals surface area contributed by atoms with E-state index >= 15 is 0 Å². The Kier molecular flexibility index (Phi) is 7.13. The molecule has 3 aliphatic rings. The summed E-state index contributed by atoms with van der Waals surface area (Å²) in [5.41, 5.74) is 2.80. The number of likely N-dealkylation sites (tertiary alicyclic amines) is 1. The molecule has 1 N–H and O–H groups in total. The fourth-order valence-corrected chi connectivity index (χ4v) is 5.61. The van der Waals surface area contributed by atoms with Gasteiger partial charge in [-0.1, -0.05) is 0 Å². The quantitative estimate of drug-likeness (QED) is 0.544. The summed E-state index contributed by atoms with van der Waals surface area (Å²) in [6.45, 7) is 10.1. The summed E-state index contributed by atoms with van der Waals surface area (Å²) in [6, 6.07) is 9.47. The van der Waals surface area contributed by atoms with Crippen molar-refractivity contribution in [2.24, 2.45) is 0 Å². The molecule has 0 bridgehead atoms. The molecule has 3 atom stereocenters. The summed E-state index contributed by atoms with van der Waals surface area (Å²) in [4.78, 5) is 21.5. The number of morpholine rings is 2. The van der Waals surface area contributed by atoms with Gasteiger partial charge in [0.25, 0.3) is 0 Å². The van der Waals surface area contributed by atoms with E-state index in [0.29, 0.717) is 56.7 Å². The predicted octanol–water partition coefficient (Wildman–Crippen LogP) is 2.85. The average Bonchev–Trinajstić information content (AvgIpc) is 3.34. The smallest absolute Gasteiger partial charge is 0.229 e. The molecule has 10 heteroatoms. The molecule has 0 radical (unpaired) electrons. The maximum atomic E-state index is 14.7. The number of anilines is 2. The molecule has 0 amide bonds. The molecule has 0 aliphatic carbocycles. The van der Waals surface area contributed by atoms with Crippen LogP contribution in [0.2, 0.25) is 0 Å². The van der Waals surface area contributed by atoms with Gasteiger partial charge in [-0.3, -0.25) is 4.90 Å². The van der Waals surface area contributed by atoms with Gasteiger partial charge in [-0.2, -0.15) is 9.97 Å². The van der Waals surface area contributed by atoms with Crippen molar-refractivity contribution >= 4 is 22.8 Å². The first-order valence-electron chi connectivity index (χ1n) is 13.5. The van der Waals surface area contributed by atoms with Gasteiger partial charge in [-0.15, -0.1) is 0 Å². The van der Waals surface area contributed by atoms with Gasteiger partial charge in [0.15, 0.2) is 5.65 Å². The zero-order valence-electron chi connectivity index (χ0n) is 22.0. The number of hydrogen-bond donors (Lipinski definition) is 1. The molecule has 0 saturated carbocycles. The van der Waals surface area contributed by atoms with Crippen LogP contribution in [0.5, 0.6) is 0 Å². The van der Waals surface area contributed by atoms with Gasteiger partial charge in [0, 0.05) is 43.9 Å². The molecule has 3 fully saturated rings. The number of aromatic nitrogens is 3. The fraction of sp³-hybridized carbons (Fsp3) is 0.536. The summed E-state index contributed by atoms with van der Waals surface area (Å²) >= 11 is 0. The number of pyridine rings is 1. The van der Waals surface area contributed by atoms with E-state index in [9.17, 15) is 9.50 Å². The molecule has 3 saturated heterocycles. The van der Waals surface area contributed by atoms with Gasteiger partial charge in [0.05, 0.1) is 55.7 Å². The number of halogens is 1. The van der Waals surface area contributed by atoms with Gasteiger partial charge < -0.3 is 24.4 Å². The minimum absolute atomic E-state index is 0.156. The van der Waals surface area contributed by atoms with E-state index in [1.54, 1.807) is 6.07 Å². The van der Waals surface area contributed by atoms with Crippen molar-refractivity contribution in [2.45, 2.75) is 45.0 Å². The molecule has 9 nitrogen and oxygen atoms in total. The van der Waals surface area contributed by atoms with Crippen LogP contribution in [0.25, 0.3) is 22.3 Å². The van der Waals surface area contributed by atoms with Crippen molar-refractivity contribution in [3.8, 4) is 11.3 Å². The second-order valence-corrected chi connectivity index (χ2v) is 10.6. The molecule has 5 heterocycles. The van der Waals surface area contributed by atoms with E-state index in [2.05, 4.69) is 28.5 Å². The van der Waals surface area contributed by atoms with Crippen LogP contribution >= 0.6 is 0 Å². The number of rotatable bonds is 5. The summed E-state index contributed by atoms with van der Waals surface area (Å²) < 4.78 is 26.1. The molecule has 38 heavy (non-hydrogen) atoms. The summed E-state index contributed by atoms with van der Waals surface area (Å²) in [5, 5.41) is 10.8. The zero-order valence-corrected chi connectivity index (χ0v) is 22.0. The van der Waals surface area contributed by atoms with Gasteiger partial charge >= 0.3 is 0 Å². The van der Waals surface area contributed by atoms with Crippen molar-refractivity contribution in [1.82, 2.24) is 19.9 Å². The topological polar surface area (TPSA) is 87.1 Å². The van der Waals surface area contributed by atoms with E-state index < -0.39 is 0 Å². The first-order chi connectivity index (χ1) is 18.5. The summed E-state index contributed by atoms with van der Waals surface area (Å²) in [7, 11) is 0. The molecule has 6 rings (SSSR count). The van der Waals surface area contributed by atoms with Crippen LogP contribution < -0.4 is 9.80 Å². The van der Waals surface area contributed by atoms with E-state index in [1.165, 1.54) is 6.07 Å². The standard InChI is InChI=1S/C28H35FN6O3/c1-18-16-37-11-9-34(18)27-23-4-6-25(30-26(23)31-28(32-27)35-10-12-38-17-19(35)2)20-3-5-24(29)21(13-20)14-33-8-7-22(36)15-33/h3-6,13,18-19,22,36H,7-12,14-17H2,1-2H3/t18-,19-,22?/m0/s1. The Morgan fingerprint density at radius 3 is 2.42 bits per heavy atom. The van der Waals surface area contributed by atoms with Crippen LogP contribution in [0.3, 0.4) is 0 Å². The molecule has 202 valence electrons. The summed E-state index contributed by atoms with van der Waals surface area (Å²) in [5.74, 6) is 1.27. The highest BCUT2D eigenvalue weighted by Crippen LogP contribution is 2.32.